The van der Waals surface area contributed by atoms with Crippen molar-refractivity contribution in [3.63, 3.8) is 0 Å². The highest BCUT2D eigenvalue weighted by molar-refractivity contribution is 7.99. The highest BCUT2D eigenvalue weighted by Crippen LogP contribution is 2.26. The molecule has 0 unspecified atom stereocenters. The maximum Gasteiger partial charge on any atom is 0.230 e. The minimum atomic E-state index is -0.0208. The van der Waals surface area contributed by atoms with E-state index in [1.807, 2.05) is 23.6 Å². The molecule has 4 rings (SSSR count). The molecule has 1 N–H and O–H groups in total. The van der Waals surface area contributed by atoms with Crippen molar-refractivity contribution in [2.24, 2.45) is 0 Å². The molecule has 1 atom stereocenters. The second-order valence-corrected chi connectivity index (χ2v) is 9.42. The first kappa shape index (κ1) is 21.7. The lowest BCUT2D eigenvalue weighted by Crippen LogP contribution is -2.28. The minimum absolute atomic E-state index is 0.00568. The van der Waals surface area contributed by atoms with Gasteiger partial charge in [-0.25, -0.2) is 0 Å². The molecule has 0 aliphatic heterocycles. The first-order chi connectivity index (χ1) is 15.0. The van der Waals surface area contributed by atoms with Crippen LogP contribution in [0.1, 0.15) is 73.8 Å². The molecule has 2 aromatic heterocycles. The van der Waals surface area contributed by atoms with E-state index in [4.69, 9.17) is 4.42 Å². The predicted octanol–water partition coefficient (Wildman–Crippen LogP) is 4.89. The Morgan fingerprint density at radius 1 is 1.16 bits per heavy atom. The number of hydrogen-bond acceptors (Lipinski definition) is 5. The Kier molecular flexibility index (Phi) is 6.80. The second kappa shape index (κ2) is 9.73. The SMILES string of the molecule is CC(C)c1nnc(SCC(=O)N[C@@H](C)c2ccc3c(c2)CCCC3)n1Cc1ccco1. The van der Waals surface area contributed by atoms with Gasteiger partial charge in [0.25, 0.3) is 0 Å². The maximum absolute atomic E-state index is 12.6. The van der Waals surface area contributed by atoms with Gasteiger partial charge in [0.05, 0.1) is 24.6 Å². The van der Waals surface area contributed by atoms with Gasteiger partial charge in [0, 0.05) is 5.92 Å². The summed E-state index contributed by atoms with van der Waals surface area (Å²) in [6, 6.07) is 10.4. The average molecular weight is 439 g/mol. The number of carbonyl (C=O) groups is 1. The number of furan rings is 1. The lowest BCUT2D eigenvalue weighted by Gasteiger charge is -2.20. The summed E-state index contributed by atoms with van der Waals surface area (Å²) in [6.07, 6.45) is 6.51. The van der Waals surface area contributed by atoms with Gasteiger partial charge in [0.1, 0.15) is 11.6 Å². The van der Waals surface area contributed by atoms with Gasteiger partial charge in [-0.3, -0.25) is 9.36 Å². The standard InChI is InChI=1S/C24H30N4O2S/c1-16(2)23-26-27-24(28(23)14-21-9-6-12-30-21)31-15-22(29)25-17(3)19-11-10-18-7-4-5-8-20(18)13-19/h6,9-13,16-17H,4-5,7-8,14-15H2,1-3H3,(H,25,29)/t17-/m0/s1. The van der Waals surface area contributed by atoms with Gasteiger partial charge in [-0.1, -0.05) is 43.8 Å². The molecule has 3 aromatic rings. The molecule has 2 heterocycles. The summed E-state index contributed by atoms with van der Waals surface area (Å²) in [6.45, 7) is 6.78. The number of thioether (sulfide) groups is 1. The molecule has 7 heteroatoms. The van der Waals surface area contributed by atoms with Gasteiger partial charge in [-0.05, 0) is 61.4 Å². The first-order valence-corrected chi connectivity index (χ1v) is 12.0. The van der Waals surface area contributed by atoms with Crippen molar-refractivity contribution in [3.8, 4) is 0 Å². The molecule has 164 valence electrons. The summed E-state index contributed by atoms with van der Waals surface area (Å²) < 4.78 is 7.53. The molecule has 0 radical (unpaired) electrons. The van der Waals surface area contributed by atoms with Gasteiger partial charge in [-0.15, -0.1) is 10.2 Å². The average Bonchev–Trinajstić information content (AvgIpc) is 3.42. The Hall–Kier alpha value is -2.54. The molecule has 1 amide bonds. The third-order valence-electron chi connectivity index (χ3n) is 5.74. The maximum atomic E-state index is 12.6. The Morgan fingerprint density at radius 3 is 2.71 bits per heavy atom. The second-order valence-electron chi connectivity index (χ2n) is 8.47. The van der Waals surface area contributed by atoms with Crippen LogP contribution in [0.15, 0.2) is 46.2 Å². The number of nitrogens with zero attached hydrogens (tertiary/aromatic N) is 3. The van der Waals surface area contributed by atoms with Crippen molar-refractivity contribution in [3.05, 3.63) is 64.9 Å². The van der Waals surface area contributed by atoms with Crippen molar-refractivity contribution >= 4 is 17.7 Å². The lowest BCUT2D eigenvalue weighted by molar-refractivity contribution is -0.119. The quantitative estimate of drug-likeness (QED) is 0.507. The van der Waals surface area contributed by atoms with Crippen molar-refractivity contribution in [1.82, 2.24) is 20.1 Å². The van der Waals surface area contributed by atoms with E-state index < -0.39 is 0 Å². The predicted molar refractivity (Wildman–Crippen MR) is 122 cm³/mol. The Morgan fingerprint density at radius 2 is 1.97 bits per heavy atom. The molecule has 6 nitrogen and oxygen atoms in total. The van der Waals surface area contributed by atoms with Crippen LogP contribution >= 0.6 is 11.8 Å². The third kappa shape index (κ3) is 5.21. The zero-order valence-corrected chi connectivity index (χ0v) is 19.2. The molecular weight excluding hydrogens is 408 g/mol. The molecule has 0 bridgehead atoms. The molecule has 0 spiro atoms. The van der Waals surface area contributed by atoms with Gasteiger partial charge >= 0.3 is 0 Å². The van der Waals surface area contributed by atoms with E-state index in [0.29, 0.717) is 12.3 Å². The van der Waals surface area contributed by atoms with Crippen LogP contribution in [0, 0.1) is 0 Å². The Bertz CT molecular complexity index is 1030. The molecular formula is C24H30N4O2S. The number of benzene rings is 1. The Balaban J connectivity index is 1.38. The van der Waals surface area contributed by atoms with Gasteiger partial charge in [0.15, 0.2) is 5.16 Å². The third-order valence-corrected chi connectivity index (χ3v) is 6.71. The zero-order valence-electron chi connectivity index (χ0n) is 18.4. The van der Waals surface area contributed by atoms with E-state index in [1.165, 1.54) is 47.7 Å². The topological polar surface area (TPSA) is 73.0 Å². The number of aromatic nitrogens is 3. The number of nitrogens with one attached hydrogen (secondary N) is 1. The highest BCUT2D eigenvalue weighted by atomic mass is 32.2. The first-order valence-electron chi connectivity index (χ1n) is 11.0. The van der Waals surface area contributed by atoms with E-state index in [2.05, 4.69) is 47.6 Å². The Labute approximate surface area is 187 Å². The molecule has 31 heavy (non-hydrogen) atoms. The molecule has 0 fully saturated rings. The van der Waals surface area contributed by atoms with Crippen LogP contribution in [0.5, 0.6) is 0 Å². The van der Waals surface area contributed by atoms with Crippen LogP contribution in [0.2, 0.25) is 0 Å². The van der Waals surface area contributed by atoms with Crippen LogP contribution in [0.4, 0.5) is 0 Å². The molecule has 1 aromatic carbocycles. The minimum Gasteiger partial charge on any atom is -0.467 e. The highest BCUT2D eigenvalue weighted by Gasteiger charge is 2.19. The summed E-state index contributed by atoms with van der Waals surface area (Å²) in [5.74, 6) is 2.25. The lowest BCUT2D eigenvalue weighted by atomic mass is 9.89. The van der Waals surface area contributed by atoms with E-state index in [-0.39, 0.29) is 17.9 Å². The summed E-state index contributed by atoms with van der Waals surface area (Å²) in [4.78, 5) is 12.6. The summed E-state index contributed by atoms with van der Waals surface area (Å²) in [5, 5.41) is 12.5. The molecule has 0 saturated heterocycles. The van der Waals surface area contributed by atoms with Gasteiger partial charge in [-0.2, -0.15) is 0 Å². The fraction of sp³-hybridized carbons (Fsp3) is 0.458. The summed E-state index contributed by atoms with van der Waals surface area (Å²) >= 11 is 1.41. The molecule has 1 aliphatic rings. The van der Waals surface area contributed by atoms with Crippen LogP contribution in [-0.4, -0.2) is 26.4 Å². The summed E-state index contributed by atoms with van der Waals surface area (Å²) in [5.41, 5.74) is 4.06. The smallest absolute Gasteiger partial charge is 0.230 e. The number of hydrogen-bond donors (Lipinski definition) is 1. The number of rotatable bonds is 8. The van der Waals surface area contributed by atoms with E-state index >= 15 is 0 Å². The summed E-state index contributed by atoms with van der Waals surface area (Å²) in [7, 11) is 0. The van der Waals surface area contributed by atoms with Crippen molar-refractivity contribution in [1.29, 1.82) is 0 Å². The van der Waals surface area contributed by atoms with E-state index in [9.17, 15) is 4.79 Å². The zero-order chi connectivity index (χ0) is 21.8. The molecule has 0 saturated carbocycles. The number of carbonyl (C=O) groups excluding carboxylic acids is 1. The van der Waals surface area contributed by atoms with E-state index in [1.54, 1.807) is 6.26 Å². The van der Waals surface area contributed by atoms with Crippen molar-refractivity contribution in [2.45, 2.75) is 70.1 Å². The normalized spacial score (nSPS) is 14.5. The van der Waals surface area contributed by atoms with Crippen LogP contribution < -0.4 is 5.32 Å². The largest absolute Gasteiger partial charge is 0.467 e. The van der Waals surface area contributed by atoms with Crippen LogP contribution in [0.25, 0.3) is 0 Å². The van der Waals surface area contributed by atoms with Crippen molar-refractivity contribution < 1.29 is 9.21 Å². The van der Waals surface area contributed by atoms with Gasteiger partial charge < -0.3 is 9.73 Å². The molecule has 1 aliphatic carbocycles. The number of fused-ring (bicyclic) bond motifs is 1. The fourth-order valence-corrected chi connectivity index (χ4v) is 4.82. The van der Waals surface area contributed by atoms with Crippen LogP contribution in [-0.2, 0) is 24.2 Å². The number of amides is 1. The van der Waals surface area contributed by atoms with Gasteiger partial charge in [0.2, 0.25) is 5.91 Å². The monoisotopic (exact) mass is 438 g/mol. The van der Waals surface area contributed by atoms with E-state index in [0.717, 1.165) is 23.2 Å². The number of aryl methyl sites for hydroxylation is 2. The fourth-order valence-electron chi connectivity index (χ4n) is 4.06. The van der Waals surface area contributed by atoms with Crippen LogP contribution in [0.3, 0.4) is 0 Å². The van der Waals surface area contributed by atoms with Crippen molar-refractivity contribution in [2.75, 3.05) is 5.75 Å².